The van der Waals surface area contributed by atoms with Crippen molar-refractivity contribution in [1.29, 1.82) is 0 Å². The summed E-state index contributed by atoms with van der Waals surface area (Å²) in [7, 11) is -9.92. The van der Waals surface area contributed by atoms with Gasteiger partial charge in [0.15, 0.2) is 12.2 Å². The van der Waals surface area contributed by atoms with E-state index in [0.717, 1.165) is 108 Å². The van der Waals surface area contributed by atoms with Crippen molar-refractivity contribution in [2.24, 2.45) is 17.8 Å². The number of hydrogen-bond donors (Lipinski definition) is 3. The highest BCUT2D eigenvalue weighted by molar-refractivity contribution is 7.47. The topological polar surface area (TPSA) is 237 Å². The molecule has 17 nitrogen and oxygen atoms in total. The lowest BCUT2D eigenvalue weighted by Gasteiger charge is -2.21. The highest BCUT2D eigenvalue weighted by Gasteiger charge is 2.30. The summed E-state index contributed by atoms with van der Waals surface area (Å²) < 4.78 is 68.6. The zero-order chi connectivity index (χ0) is 71.6. The van der Waals surface area contributed by atoms with Gasteiger partial charge in [0, 0.05) is 25.7 Å². The summed E-state index contributed by atoms with van der Waals surface area (Å²) in [6.07, 6.45) is 55.4. The van der Waals surface area contributed by atoms with Crippen LogP contribution in [0.4, 0.5) is 0 Å². The zero-order valence-electron chi connectivity index (χ0n) is 63.5. The summed E-state index contributed by atoms with van der Waals surface area (Å²) in [6.45, 7) is 11.9. The molecule has 5 atom stereocenters. The first-order valence-electron chi connectivity index (χ1n) is 40.3. The molecule has 0 saturated heterocycles. The summed E-state index contributed by atoms with van der Waals surface area (Å²) in [5, 5.41) is 10.6. The van der Waals surface area contributed by atoms with E-state index in [1.54, 1.807) is 0 Å². The Labute approximate surface area is 594 Å². The number of aliphatic hydroxyl groups excluding tert-OH is 1. The Morgan fingerprint density at radius 3 is 0.701 bits per heavy atom. The van der Waals surface area contributed by atoms with Gasteiger partial charge in [0.25, 0.3) is 0 Å². The predicted molar refractivity (Wildman–Crippen MR) is 395 cm³/mol. The van der Waals surface area contributed by atoms with E-state index in [-0.39, 0.29) is 25.7 Å². The van der Waals surface area contributed by atoms with Gasteiger partial charge >= 0.3 is 39.5 Å². The van der Waals surface area contributed by atoms with Crippen molar-refractivity contribution in [1.82, 2.24) is 0 Å². The molecule has 0 aromatic carbocycles. The maximum absolute atomic E-state index is 13.1. The lowest BCUT2D eigenvalue weighted by atomic mass is 10.0. The van der Waals surface area contributed by atoms with Crippen LogP contribution in [-0.4, -0.2) is 96.7 Å². The molecule has 0 aromatic heterocycles. The van der Waals surface area contributed by atoms with Crippen LogP contribution in [0.25, 0.3) is 0 Å². The Hall–Kier alpha value is -1.94. The lowest BCUT2D eigenvalue weighted by Crippen LogP contribution is -2.30. The molecule has 0 bridgehead atoms. The molecular weight excluding hydrogens is 1270 g/mol. The minimum atomic E-state index is -4.96. The van der Waals surface area contributed by atoms with Gasteiger partial charge in [-0.3, -0.25) is 37.3 Å². The largest absolute Gasteiger partial charge is 0.472 e. The van der Waals surface area contributed by atoms with Crippen LogP contribution >= 0.6 is 15.6 Å². The Bertz CT molecular complexity index is 1890. The number of ether oxygens (including phenoxy) is 4. The lowest BCUT2D eigenvalue weighted by molar-refractivity contribution is -0.161. The van der Waals surface area contributed by atoms with Crippen molar-refractivity contribution in [3.8, 4) is 0 Å². The minimum absolute atomic E-state index is 0.106. The van der Waals surface area contributed by atoms with Crippen LogP contribution in [0.15, 0.2) is 0 Å². The maximum Gasteiger partial charge on any atom is 0.472 e. The highest BCUT2D eigenvalue weighted by Crippen LogP contribution is 2.45. The molecule has 0 aliphatic heterocycles. The normalized spacial score (nSPS) is 14.0. The molecule has 0 aliphatic rings. The van der Waals surface area contributed by atoms with Gasteiger partial charge in [-0.1, -0.05) is 350 Å². The molecule has 19 heteroatoms. The van der Waals surface area contributed by atoms with E-state index in [1.165, 1.54) is 212 Å². The van der Waals surface area contributed by atoms with Crippen molar-refractivity contribution in [2.45, 2.75) is 420 Å². The molecule has 0 spiro atoms. The van der Waals surface area contributed by atoms with Crippen molar-refractivity contribution in [3.05, 3.63) is 0 Å². The summed E-state index contributed by atoms with van der Waals surface area (Å²) in [4.78, 5) is 72.9. The highest BCUT2D eigenvalue weighted by atomic mass is 31.2. The second-order valence-corrected chi connectivity index (χ2v) is 32.4. The Kier molecular flexibility index (Phi) is 67.1. The number of aliphatic hydroxyl groups is 1. The molecule has 0 amide bonds. The predicted octanol–water partition coefficient (Wildman–Crippen LogP) is 23.0. The van der Waals surface area contributed by atoms with Crippen LogP contribution in [0.2, 0.25) is 0 Å². The van der Waals surface area contributed by atoms with E-state index in [0.29, 0.717) is 25.7 Å². The van der Waals surface area contributed by atoms with Gasteiger partial charge in [-0.15, -0.1) is 0 Å². The molecule has 97 heavy (non-hydrogen) atoms. The third kappa shape index (κ3) is 72.2. The molecular formula is C78H152O17P2. The van der Waals surface area contributed by atoms with Crippen molar-refractivity contribution < 1.29 is 80.2 Å². The third-order valence-electron chi connectivity index (χ3n) is 18.1. The van der Waals surface area contributed by atoms with E-state index >= 15 is 0 Å². The number of esters is 4. The van der Waals surface area contributed by atoms with E-state index in [4.69, 9.17) is 37.0 Å². The first kappa shape index (κ1) is 95.1. The quantitative estimate of drug-likeness (QED) is 0.0222. The molecule has 0 aliphatic carbocycles. The smallest absolute Gasteiger partial charge is 0.462 e. The summed E-state index contributed by atoms with van der Waals surface area (Å²) >= 11 is 0. The van der Waals surface area contributed by atoms with Gasteiger partial charge in [-0.05, 0) is 43.4 Å². The van der Waals surface area contributed by atoms with Crippen LogP contribution in [-0.2, 0) is 65.4 Å². The molecule has 0 fully saturated rings. The summed E-state index contributed by atoms with van der Waals surface area (Å²) in [5.74, 6) is 0.225. The van der Waals surface area contributed by atoms with Gasteiger partial charge in [-0.2, -0.15) is 0 Å². The molecule has 0 aromatic rings. The number of phosphoric acid groups is 2. The third-order valence-corrected chi connectivity index (χ3v) is 20.0. The van der Waals surface area contributed by atoms with Gasteiger partial charge in [0.2, 0.25) is 0 Å². The first-order valence-corrected chi connectivity index (χ1v) is 43.3. The fraction of sp³-hybridized carbons (Fsp3) is 0.949. The summed E-state index contributed by atoms with van der Waals surface area (Å²) in [5.41, 5.74) is 0. The number of hydrogen-bond acceptors (Lipinski definition) is 15. The summed E-state index contributed by atoms with van der Waals surface area (Å²) in [6, 6.07) is 0. The van der Waals surface area contributed by atoms with Crippen molar-refractivity contribution in [2.75, 3.05) is 39.6 Å². The van der Waals surface area contributed by atoms with Gasteiger partial charge in [0.1, 0.15) is 19.3 Å². The van der Waals surface area contributed by atoms with Crippen LogP contribution < -0.4 is 0 Å². The Balaban J connectivity index is 5.26. The number of phosphoric ester groups is 2. The van der Waals surface area contributed by atoms with E-state index in [9.17, 15) is 43.2 Å². The second-order valence-electron chi connectivity index (χ2n) is 29.5. The fourth-order valence-electron chi connectivity index (χ4n) is 12.0. The Morgan fingerprint density at radius 1 is 0.278 bits per heavy atom. The van der Waals surface area contributed by atoms with Crippen molar-refractivity contribution in [3.63, 3.8) is 0 Å². The molecule has 3 N–H and O–H groups in total. The van der Waals surface area contributed by atoms with Gasteiger partial charge in [-0.25, -0.2) is 9.13 Å². The standard InChI is InChI=1S/C78H152O17P2/c1-8-9-10-11-12-13-21-31-38-45-52-59-75(80)88-65-74(95-78(83)62-55-48-41-34-27-26-30-37-44-51-58-71(6)7)68-93-97(86,87)91-64-72(79)63-90-96(84,85)92-67-73(66-89-76(81)60-53-46-39-32-24-20-16-18-23-29-36-43-50-57-70(4)5)94-77(82)61-54-47-40-33-25-19-15-14-17-22-28-35-42-49-56-69(2)3/h69-74,79H,8-68H2,1-7H3,(H,84,85)(H,86,87)/t72-,73-,74-/m1/s1. The first-order chi connectivity index (χ1) is 46.7. The molecule has 0 rings (SSSR count). The van der Waals surface area contributed by atoms with E-state index in [1.807, 2.05) is 0 Å². The molecule has 0 saturated carbocycles. The minimum Gasteiger partial charge on any atom is -0.462 e. The SMILES string of the molecule is CCCCCCCCCCCCCC(=O)OC[C@H](COP(=O)(O)OC[C@H](O)COP(=O)(O)OC[C@@H](COC(=O)CCCCCCCCCCCCCCCC(C)C)OC(=O)CCCCCCCCCCCCCCCCC(C)C)OC(=O)CCCCCCCCCCCCC(C)C. The van der Waals surface area contributed by atoms with E-state index < -0.39 is 97.5 Å². The van der Waals surface area contributed by atoms with Crippen LogP contribution in [0.1, 0.15) is 402 Å². The number of carbonyl (C=O) groups excluding carboxylic acids is 4. The van der Waals surface area contributed by atoms with Crippen molar-refractivity contribution >= 4 is 39.5 Å². The van der Waals surface area contributed by atoms with Gasteiger partial charge in [0.05, 0.1) is 26.4 Å². The maximum atomic E-state index is 13.1. The second kappa shape index (κ2) is 68.5. The number of rotatable bonds is 76. The van der Waals surface area contributed by atoms with Crippen LogP contribution in [0.3, 0.4) is 0 Å². The van der Waals surface area contributed by atoms with Crippen LogP contribution in [0.5, 0.6) is 0 Å². The van der Waals surface area contributed by atoms with E-state index in [2.05, 4.69) is 48.5 Å². The average molecular weight is 1420 g/mol. The fourth-order valence-corrected chi connectivity index (χ4v) is 13.5. The van der Waals surface area contributed by atoms with Crippen LogP contribution in [0, 0.1) is 17.8 Å². The Morgan fingerprint density at radius 2 is 0.474 bits per heavy atom. The zero-order valence-corrected chi connectivity index (χ0v) is 65.3. The molecule has 0 heterocycles. The number of unbranched alkanes of at least 4 members (excludes halogenated alkanes) is 44. The monoisotopic (exact) mass is 1420 g/mol. The number of carbonyl (C=O) groups is 4. The van der Waals surface area contributed by atoms with Gasteiger partial charge < -0.3 is 33.8 Å². The molecule has 2 unspecified atom stereocenters. The molecule has 0 radical (unpaired) electrons. The average Bonchev–Trinajstić information content (AvgIpc) is 2.15. The molecule has 576 valence electrons.